The van der Waals surface area contributed by atoms with Crippen molar-refractivity contribution in [2.75, 3.05) is 0 Å². The number of nitrogens with zero attached hydrogens (tertiary/aromatic N) is 4. The lowest BCUT2D eigenvalue weighted by atomic mass is 10.1. The topological polar surface area (TPSA) is 51.6 Å². The monoisotopic (exact) mass is 396 g/mol. The zero-order valence-electron chi connectivity index (χ0n) is 14.3. The Morgan fingerprint density at radius 1 is 0.923 bits per heavy atom. The predicted octanol–water partition coefficient (Wildman–Crippen LogP) is 5.54. The van der Waals surface area contributed by atoms with E-state index in [2.05, 4.69) is 62.6 Å². The molecule has 4 nitrogen and oxygen atoms in total. The van der Waals surface area contributed by atoms with E-state index >= 15 is 0 Å². The van der Waals surface area contributed by atoms with Crippen LogP contribution in [0, 0.1) is 13.8 Å². The van der Waals surface area contributed by atoms with Crippen molar-refractivity contribution >= 4 is 45.6 Å². The summed E-state index contributed by atoms with van der Waals surface area (Å²) in [5.74, 6) is 1.66. The van der Waals surface area contributed by atoms with Gasteiger partial charge in [-0.15, -0.1) is 10.2 Å². The third kappa shape index (κ3) is 4.06. The molecular weight excluding hydrogens is 380 g/mol. The van der Waals surface area contributed by atoms with Gasteiger partial charge in [0.2, 0.25) is 0 Å². The van der Waals surface area contributed by atoms with Crippen LogP contribution >= 0.6 is 34.9 Å². The molecular formula is C19H16N4S3. The fraction of sp³-hybridized carbons (Fsp3) is 0.158. The van der Waals surface area contributed by atoms with E-state index in [9.17, 15) is 0 Å². The largest absolute Gasteiger partial charge is 0.238 e. The summed E-state index contributed by atoms with van der Waals surface area (Å²) >= 11 is 4.87. The predicted molar refractivity (Wildman–Crippen MR) is 109 cm³/mol. The van der Waals surface area contributed by atoms with Gasteiger partial charge in [-0.25, -0.2) is 9.97 Å². The molecule has 0 unspecified atom stereocenters. The molecule has 4 aromatic rings. The van der Waals surface area contributed by atoms with Crippen molar-refractivity contribution in [3.8, 4) is 0 Å². The number of benzene rings is 2. The summed E-state index contributed by atoms with van der Waals surface area (Å²) in [5.41, 5.74) is 2.29. The molecule has 0 saturated carbocycles. The van der Waals surface area contributed by atoms with Crippen LogP contribution < -0.4 is 0 Å². The summed E-state index contributed by atoms with van der Waals surface area (Å²) in [7, 11) is 0. The quantitative estimate of drug-likeness (QED) is 0.326. The van der Waals surface area contributed by atoms with Crippen LogP contribution in [0.3, 0.4) is 0 Å². The molecule has 0 aliphatic rings. The molecule has 0 spiro atoms. The van der Waals surface area contributed by atoms with Gasteiger partial charge in [0.15, 0.2) is 8.68 Å². The van der Waals surface area contributed by atoms with E-state index in [0.717, 1.165) is 31.0 Å². The number of aryl methyl sites for hydroxylation is 2. The summed E-state index contributed by atoms with van der Waals surface area (Å²) in [6, 6.07) is 16.9. The normalized spacial score (nSPS) is 11.2. The molecule has 0 bridgehead atoms. The van der Waals surface area contributed by atoms with Crippen LogP contribution in [0.4, 0.5) is 0 Å². The molecule has 2 heterocycles. The zero-order valence-corrected chi connectivity index (χ0v) is 16.8. The molecule has 0 N–H and O–H groups in total. The van der Waals surface area contributed by atoms with Gasteiger partial charge in [0.1, 0.15) is 10.9 Å². The average molecular weight is 397 g/mol. The number of hydrogen-bond donors (Lipinski definition) is 0. The SMILES string of the molecule is Cc1cc(Sc2nnc(SCc3cccc4ccccc34)s2)nc(C)n1. The van der Waals surface area contributed by atoms with Crippen LogP contribution in [0.15, 0.2) is 62.2 Å². The molecule has 0 atom stereocenters. The van der Waals surface area contributed by atoms with Gasteiger partial charge >= 0.3 is 0 Å². The summed E-state index contributed by atoms with van der Waals surface area (Å²) in [4.78, 5) is 8.76. The molecule has 0 fully saturated rings. The minimum atomic E-state index is 0.780. The molecule has 4 rings (SSSR count). The van der Waals surface area contributed by atoms with Gasteiger partial charge in [-0.2, -0.15) is 0 Å². The molecule has 0 aliphatic carbocycles. The minimum absolute atomic E-state index is 0.780. The lowest BCUT2D eigenvalue weighted by Crippen LogP contribution is -1.92. The number of aromatic nitrogens is 4. The van der Waals surface area contributed by atoms with Crippen LogP contribution in [-0.4, -0.2) is 20.2 Å². The Labute approximate surface area is 164 Å². The Morgan fingerprint density at radius 3 is 2.62 bits per heavy atom. The lowest BCUT2D eigenvalue weighted by molar-refractivity contribution is 0.926. The van der Waals surface area contributed by atoms with E-state index in [1.54, 1.807) is 34.9 Å². The summed E-state index contributed by atoms with van der Waals surface area (Å²) < 4.78 is 1.88. The van der Waals surface area contributed by atoms with Crippen molar-refractivity contribution in [1.82, 2.24) is 20.2 Å². The van der Waals surface area contributed by atoms with Crippen molar-refractivity contribution in [3.63, 3.8) is 0 Å². The first-order chi connectivity index (χ1) is 12.7. The Balaban J connectivity index is 1.46. The van der Waals surface area contributed by atoms with E-state index in [1.807, 2.05) is 19.9 Å². The van der Waals surface area contributed by atoms with Gasteiger partial charge in [0, 0.05) is 11.4 Å². The van der Waals surface area contributed by atoms with Gasteiger partial charge in [-0.1, -0.05) is 65.6 Å². The maximum absolute atomic E-state index is 4.45. The van der Waals surface area contributed by atoms with E-state index < -0.39 is 0 Å². The average Bonchev–Trinajstić information content (AvgIpc) is 3.06. The Kier molecular flexibility index (Phi) is 5.19. The standard InChI is InChI=1S/C19H16N4S3/c1-12-10-17(21-13(2)20-12)25-19-23-22-18(26-19)24-11-15-8-5-7-14-6-3-4-9-16(14)15/h3-10H,11H2,1-2H3. The highest BCUT2D eigenvalue weighted by Crippen LogP contribution is 2.34. The van der Waals surface area contributed by atoms with Crippen LogP contribution in [0.25, 0.3) is 10.8 Å². The number of fused-ring (bicyclic) bond motifs is 1. The van der Waals surface area contributed by atoms with Crippen LogP contribution in [0.1, 0.15) is 17.1 Å². The van der Waals surface area contributed by atoms with Gasteiger partial charge in [-0.05, 0) is 48.0 Å². The lowest BCUT2D eigenvalue weighted by Gasteiger charge is -2.04. The zero-order chi connectivity index (χ0) is 17.9. The highest BCUT2D eigenvalue weighted by molar-refractivity contribution is 8.02. The Bertz CT molecular complexity index is 1040. The molecule has 26 heavy (non-hydrogen) atoms. The molecule has 2 aromatic carbocycles. The van der Waals surface area contributed by atoms with Crippen molar-refractivity contribution in [2.24, 2.45) is 0 Å². The first-order valence-electron chi connectivity index (χ1n) is 8.10. The molecule has 7 heteroatoms. The van der Waals surface area contributed by atoms with Crippen molar-refractivity contribution < 1.29 is 0 Å². The van der Waals surface area contributed by atoms with E-state index in [4.69, 9.17) is 0 Å². The highest BCUT2D eigenvalue weighted by atomic mass is 32.2. The van der Waals surface area contributed by atoms with Crippen LogP contribution in [0.2, 0.25) is 0 Å². The third-order valence-electron chi connectivity index (χ3n) is 3.75. The second-order valence-corrected chi connectivity index (χ2v) is 9.23. The number of thioether (sulfide) groups is 1. The molecule has 0 saturated heterocycles. The van der Waals surface area contributed by atoms with Crippen LogP contribution in [0.5, 0.6) is 0 Å². The first kappa shape index (κ1) is 17.5. The minimum Gasteiger partial charge on any atom is -0.238 e. The van der Waals surface area contributed by atoms with E-state index in [-0.39, 0.29) is 0 Å². The Hall–Kier alpha value is -1.96. The fourth-order valence-corrected chi connectivity index (χ4v) is 5.76. The van der Waals surface area contributed by atoms with Crippen molar-refractivity contribution in [2.45, 2.75) is 33.3 Å². The van der Waals surface area contributed by atoms with E-state index in [0.29, 0.717) is 0 Å². The van der Waals surface area contributed by atoms with Gasteiger partial charge in [-0.3, -0.25) is 0 Å². The Morgan fingerprint density at radius 2 is 1.73 bits per heavy atom. The maximum atomic E-state index is 4.45. The molecule has 2 aromatic heterocycles. The van der Waals surface area contributed by atoms with Gasteiger partial charge in [0.25, 0.3) is 0 Å². The highest BCUT2D eigenvalue weighted by Gasteiger charge is 2.10. The molecule has 0 amide bonds. The van der Waals surface area contributed by atoms with Crippen LogP contribution in [-0.2, 0) is 5.75 Å². The number of hydrogen-bond acceptors (Lipinski definition) is 7. The fourth-order valence-electron chi connectivity index (χ4n) is 2.68. The number of rotatable bonds is 5. The third-order valence-corrected chi connectivity index (χ3v) is 6.83. The summed E-state index contributed by atoms with van der Waals surface area (Å²) in [6.07, 6.45) is 0. The maximum Gasteiger partial charge on any atom is 0.181 e. The molecule has 0 aliphatic heterocycles. The second kappa shape index (κ2) is 7.73. The van der Waals surface area contributed by atoms with Crippen molar-refractivity contribution in [1.29, 1.82) is 0 Å². The van der Waals surface area contributed by atoms with Gasteiger partial charge < -0.3 is 0 Å². The van der Waals surface area contributed by atoms with E-state index in [1.165, 1.54) is 16.3 Å². The summed E-state index contributed by atoms with van der Waals surface area (Å²) in [6.45, 7) is 3.88. The molecule has 130 valence electrons. The summed E-state index contributed by atoms with van der Waals surface area (Å²) in [5, 5.41) is 12.1. The molecule has 0 radical (unpaired) electrons. The smallest absolute Gasteiger partial charge is 0.181 e. The second-order valence-electron chi connectivity index (χ2n) is 5.76. The van der Waals surface area contributed by atoms with Gasteiger partial charge in [0.05, 0.1) is 0 Å². The first-order valence-corrected chi connectivity index (χ1v) is 10.7. The van der Waals surface area contributed by atoms with Crippen molar-refractivity contribution in [3.05, 3.63) is 65.6 Å².